The first-order chi connectivity index (χ1) is 6.93. The van der Waals surface area contributed by atoms with Crippen molar-refractivity contribution in [2.24, 2.45) is 0 Å². The SMILES string of the molecule is CC(C)S(=O)(=O)N1Cc2[nH][nH]c(=S)c2C1. The van der Waals surface area contributed by atoms with Crippen LogP contribution in [0.4, 0.5) is 0 Å². The molecule has 1 aliphatic heterocycles. The van der Waals surface area contributed by atoms with E-state index in [1.807, 2.05) is 0 Å². The van der Waals surface area contributed by atoms with E-state index in [0.717, 1.165) is 11.3 Å². The van der Waals surface area contributed by atoms with Crippen LogP contribution in [0, 0.1) is 4.64 Å². The van der Waals surface area contributed by atoms with Gasteiger partial charge in [0.25, 0.3) is 0 Å². The Labute approximate surface area is 93.5 Å². The highest BCUT2D eigenvalue weighted by atomic mass is 32.2. The fraction of sp³-hybridized carbons (Fsp3) is 0.625. The fourth-order valence-electron chi connectivity index (χ4n) is 1.61. The Bertz CT molecular complexity index is 526. The van der Waals surface area contributed by atoms with Gasteiger partial charge >= 0.3 is 0 Å². The van der Waals surface area contributed by atoms with Gasteiger partial charge in [0.2, 0.25) is 10.0 Å². The van der Waals surface area contributed by atoms with Crippen LogP contribution in [-0.2, 0) is 23.1 Å². The Kier molecular flexibility index (Phi) is 2.48. The molecule has 0 aromatic carbocycles. The van der Waals surface area contributed by atoms with Crippen molar-refractivity contribution in [3.05, 3.63) is 15.9 Å². The quantitative estimate of drug-likeness (QED) is 0.770. The summed E-state index contributed by atoms with van der Waals surface area (Å²) in [6.07, 6.45) is 0. The lowest BCUT2D eigenvalue weighted by atomic mass is 10.3. The molecule has 2 N–H and O–H groups in total. The van der Waals surface area contributed by atoms with Gasteiger partial charge < -0.3 is 5.10 Å². The van der Waals surface area contributed by atoms with Crippen molar-refractivity contribution in [2.75, 3.05) is 0 Å². The van der Waals surface area contributed by atoms with Gasteiger partial charge in [-0.05, 0) is 13.8 Å². The standard InChI is InChI=1S/C8H13N3O2S2/c1-5(2)15(12,13)11-3-6-7(4-11)9-10-8(6)14/h5H,3-4H2,1-2H3,(H2,9,10,14). The molecular weight excluding hydrogens is 234 g/mol. The van der Waals surface area contributed by atoms with Gasteiger partial charge in [-0.15, -0.1) is 0 Å². The van der Waals surface area contributed by atoms with Crippen LogP contribution in [0.3, 0.4) is 0 Å². The molecular formula is C8H13N3O2S2. The number of aromatic nitrogens is 2. The van der Waals surface area contributed by atoms with Crippen molar-refractivity contribution in [3.8, 4) is 0 Å². The molecule has 0 saturated carbocycles. The molecule has 15 heavy (non-hydrogen) atoms. The monoisotopic (exact) mass is 247 g/mol. The number of rotatable bonds is 2. The second kappa shape index (κ2) is 3.43. The maximum absolute atomic E-state index is 11.9. The highest BCUT2D eigenvalue weighted by Gasteiger charge is 2.32. The van der Waals surface area contributed by atoms with Crippen LogP contribution in [0.1, 0.15) is 25.1 Å². The van der Waals surface area contributed by atoms with Crippen molar-refractivity contribution in [3.63, 3.8) is 0 Å². The van der Waals surface area contributed by atoms with E-state index >= 15 is 0 Å². The summed E-state index contributed by atoms with van der Waals surface area (Å²) in [5, 5.41) is 5.31. The molecule has 5 nitrogen and oxygen atoms in total. The van der Waals surface area contributed by atoms with E-state index in [2.05, 4.69) is 10.2 Å². The maximum Gasteiger partial charge on any atom is 0.217 e. The number of hydrogen-bond acceptors (Lipinski definition) is 3. The molecule has 0 radical (unpaired) electrons. The molecule has 84 valence electrons. The molecule has 0 fully saturated rings. The van der Waals surface area contributed by atoms with Crippen molar-refractivity contribution >= 4 is 22.2 Å². The van der Waals surface area contributed by atoms with Crippen LogP contribution in [0.5, 0.6) is 0 Å². The van der Waals surface area contributed by atoms with E-state index in [0.29, 0.717) is 17.7 Å². The van der Waals surface area contributed by atoms with Crippen LogP contribution in [0.15, 0.2) is 0 Å². The Balaban J connectivity index is 2.32. The smallest absolute Gasteiger partial charge is 0.217 e. The van der Waals surface area contributed by atoms with Crippen LogP contribution in [0.25, 0.3) is 0 Å². The lowest BCUT2D eigenvalue weighted by Crippen LogP contribution is -2.32. The van der Waals surface area contributed by atoms with E-state index in [1.165, 1.54) is 4.31 Å². The predicted molar refractivity (Wildman–Crippen MR) is 59.3 cm³/mol. The molecule has 0 saturated heterocycles. The van der Waals surface area contributed by atoms with Gasteiger partial charge in [0, 0.05) is 12.1 Å². The van der Waals surface area contributed by atoms with Gasteiger partial charge in [-0.25, -0.2) is 8.42 Å². The second-order valence-corrected chi connectivity index (χ2v) is 6.80. The van der Waals surface area contributed by atoms with Gasteiger partial charge in [0.05, 0.1) is 17.5 Å². The maximum atomic E-state index is 11.9. The summed E-state index contributed by atoms with van der Waals surface area (Å²) in [5.41, 5.74) is 1.78. The molecule has 0 aliphatic carbocycles. The lowest BCUT2D eigenvalue weighted by Gasteiger charge is -2.18. The first-order valence-corrected chi connectivity index (χ1v) is 6.61. The Morgan fingerprint density at radius 3 is 2.53 bits per heavy atom. The number of fused-ring (bicyclic) bond motifs is 1. The average molecular weight is 247 g/mol. The van der Waals surface area contributed by atoms with Gasteiger partial charge in [-0.2, -0.15) is 4.31 Å². The topological polar surface area (TPSA) is 69.0 Å². The normalized spacial score (nSPS) is 17.3. The number of sulfonamides is 1. The molecule has 0 amide bonds. The van der Waals surface area contributed by atoms with E-state index < -0.39 is 10.0 Å². The van der Waals surface area contributed by atoms with Crippen LogP contribution in [-0.4, -0.2) is 28.2 Å². The van der Waals surface area contributed by atoms with Crippen molar-refractivity contribution < 1.29 is 8.42 Å². The molecule has 0 unspecified atom stereocenters. The third-order valence-corrected chi connectivity index (χ3v) is 5.11. The molecule has 0 spiro atoms. The summed E-state index contributed by atoms with van der Waals surface area (Å²) in [6.45, 7) is 4.14. The lowest BCUT2D eigenvalue weighted by molar-refractivity contribution is 0.421. The summed E-state index contributed by atoms with van der Waals surface area (Å²) in [5.74, 6) is 0. The largest absolute Gasteiger partial charge is 0.302 e. The predicted octanol–water partition coefficient (Wildman–Crippen LogP) is 1.13. The zero-order valence-electron chi connectivity index (χ0n) is 8.57. The second-order valence-electron chi connectivity index (χ2n) is 3.90. The minimum absolute atomic E-state index is 0.384. The van der Waals surface area contributed by atoms with E-state index in [9.17, 15) is 8.42 Å². The number of nitrogens with one attached hydrogen (secondary N) is 2. The molecule has 7 heteroatoms. The Morgan fingerprint density at radius 1 is 1.33 bits per heavy atom. The van der Waals surface area contributed by atoms with Crippen LogP contribution >= 0.6 is 12.2 Å². The van der Waals surface area contributed by atoms with Crippen LogP contribution < -0.4 is 0 Å². The van der Waals surface area contributed by atoms with Crippen molar-refractivity contribution in [1.82, 2.24) is 14.5 Å². The molecule has 1 aromatic rings. The number of nitrogens with zero attached hydrogens (tertiary/aromatic N) is 1. The zero-order valence-corrected chi connectivity index (χ0v) is 10.2. The number of aromatic amines is 2. The minimum atomic E-state index is -3.18. The summed E-state index contributed by atoms with van der Waals surface area (Å²) >= 11 is 5.05. The fourth-order valence-corrected chi connectivity index (χ4v) is 3.06. The molecule has 1 aliphatic rings. The zero-order chi connectivity index (χ0) is 11.2. The first-order valence-electron chi connectivity index (χ1n) is 4.70. The van der Waals surface area contributed by atoms with Crippen LogP contribution in [0.2, 0.25) is 0 Å². The van der Waals surface area contributed by atoms with Crippen molar-refractivity contribution in [2.45, 2.75) is 32.2 Å². The van der Waals surface area contributed by atoms with Gasteiger partial charge in [-0.1, -0.05) is 12.2 Å². The number of hydrogen-bond donors (Lipinski definition) is 2. The first kappa shape index (κ1) is 10.8. The highest BCUT2D eigenvalue weighted by molar-refractivity contribution is 7.89. The molecule has 0 atom stereocenters. The average Bonchev–Trinajstić information content (AvgIpc) is 2.68. The molecule has 2 heterocycles. The molecule has 0 bridgehead atoms. The molecule has 2 rings (SSSR count). The highest BCUT2D eigenvalue weighted by Crippen LogP contribution is 2.25. The Morgan fingerprint density at radius 2 is 2.00 bits per heavy atom. The third-order valence-electron chi connectivity index (χ3n) is 2.59. The van der Waals surface area contributed by atoms with E-state index in [1.54, 1.807) is 13.8 Å². The van der Waals surface area contributed by atoms with Gasteiger partial charge in [0.1, 0.15) is 4.64 Å². The van der Waals surface area contributed by atoms with E-state index in [4.69, 9.17) is 12.2 Å². The van der Waals surface area contributed by atoms with Gasteiger partial charge in [-0.3, -0.25) is 5.10 Å². The van der Waals surface area contributed by atoms with Crippen molar-refractivity contribution in [1.29, 1.82) is 0 Å². The number of H-pyrrole nitrogens is 2. The summed E-state index contributed by atoms with van der Waals surface area (Å²) in [4.78, 5) is 0. The van der Waals surface area contributed by atoms with Gasteiger partial charge in [0.15, 0.2) is 0 Å². The summed E-state index contributed by atoms with van der Waals surface area (Å²) in [6, 6.07) is 0. The summed E-state index contributed by atoms with van der Waals surface area (Å²) in [7, 11) is -3.18. The Hall–Kier alpha value is -0.660. The third kappa shape index (κ3) is 1.64. The minimum Gasteiger partial charge on any atom is -0.302 e. The van der Waals surface area contributed by atoms with E-state index in [-0.39, 0.29) is 5.25 Å². The summed E-state index contributed by atoms with van der Waals surface area (Å²) < 4.78 is 25.8. The molecule has 1 aromatic heterocycles.